The summed E-state index contributed by atoms with van der Waals surface area (Å²) < 4.78 is 20.1. The van der Waals surface area contributed by atoms with Crippen molar-refractivity contribution in [3.8, 4) is 0 Å². The summed E-state index contributed by atoms with van der Waals surface area (Å²) in [6.45, 7) is 34.4. The predicted octanol–water partition coefficient (Wildman–Crippen LogP) is 11.6. The molecule has 0 spiro atoms. The maximum absolute atomic E-state index is 7.29. The number of hydrogen-bond donors (Lipinski definition) is 0. The van der Waals surface area contributed by atoms with Gasteiger partial charge in [0.2, 0.25) is 0 Å². The summed E-state index contributed by atoms with van der Waals surface area (Å²) in [5, 5.41) is 0.258. The van der Waals surface area contributed by atoms with Crippen LogP contribution in [0.3, 0.4) is 0 Å². The molecule has 1 aliphatic heterocycles. The van der Waals surface area contributed by atoms with E-state index >= 15 is 0 Å². The summed E-state index contributed by atoms with van der Waals surface area (Å²) in [6.07, 6.45) is 17.4. The van der Waals surface area contributed by atoms with Crippen LogP contribution in [0.4, 0.5) is 0 Å². The van der Waals surface area contributed by atoms with Gasteiger partial charge in [0, 0.05) is 6.61 Å². The molecule has 0 bridgehead atoms. The highest BCUT2D eigenvalue weighted by molar-refractivity contribution is 6.74. The second-order valence-corrected chi connectivity index (χ2v) is 25.1. The fourth-order valence-electron chi connectivity index (χ4n) is 13.4. The Bertz CT molecular complexity index is 1120. The lowest BCUT2D eigenvalue weighted by Crippen LogP contribution is -2.67. The second kappa shape index (κ2) is 11.4. The van der Waals surface area contributed by atoms with E-state index in [9.17, 15) is 0 Å². The summed E-state index contributed by atoms with van der Waals surface area (Å²) >= 11 is 0. The quantitative estimate of drug-likeness (QED) is 0.213. The Kier molecular flexibility index (Phi) is 8.82. The average Bonchev–Trinajstić information content (AvgIpc) is 3.34. The van der Waals surface area contributed by atoms with Crippen molar-refractivity contribution in [3.63, 3.8) is 0 Å². The molecule has 1 saturated heterocycles. The molecular weight excluding hydrogens is 569 g/mol. The minimum absolute atomic E-state index is 0.0218. The first-order valence-corrected chi connectivity index (χ1v) is 22.3. The number of rotatable bonds is 6. The molecule has 0 N–H and O–H groups in total. The summed E-state index contributed by atoms with van der Waals surface area (Å²) in [4.78, 5) is 0. The van der Waals surface area contributed by atoms with Gasteiger partial charge < -0.3 is 13.9 Å². The highest BCUT2D eigenvalue weighted by atomic mass is 28.4. The average molecular weight is 641 g/mol. The van der Waals surface area contributed by atoms with Crippen LogP contribution in [0.2, 0.25) is 18.1 Å². The van der Waals surface area contributed by atoms with Crippen LogP contribution in [0, 0.1) is 56.7 Å². The standard InChI is InChI=1S/C41H72O3Si/c1-28(2)29-18-23-41(27-43-34-15-13-14-26-42-34)25-24-39(9)30(35(29)41)16-17-32-38(8)21-20-33(44-45(11,12)36(3,4)5)37(6,7)31(38)19-22-40(32,39)10/h29-35H,1,13-27H2,2-12H3/t29-,30+,31-,32+,33-,34?,35+,38-,39+,40+,41+/m0/s1. The van der Waals surface area contributed by atoms with Gasteiger partial charge in [0.25, 0.3) is 0 Å². The molecule has 0 radical (unpaired) electrons. The first-order chi connectivity index (χ1) is 20.8. The van der Waals surface area contributed by atoms with E-state index in [2.05, 4.69) is 82.0 Å². The van der Waals surface area contributed by atoms with E-state index in [1.54, 1.807) is 0 Å². The zero-order chi connectivity index (χ0) is 32.8. The van der Waals surface area contributed by atoms with Gasteiger partial charge in [-0.1, -0.05) is 67.5 Å². The SMILES string of the molecule is C=C(C)[C@@H]1CC[C@]2(COC3CCCCO3)CC[C@]3(C)[C@H](CC[C@@H]4[C@@]5(C)CC[C@H](O[Si](C)(C)C(C)(C)C)C(C)(C)[C@@H]5CC[C@]43C)[C@@H]12. The van der Waals surface area contributed by atoms with Crippen molar-refractivity contribution in [2.45, 2.75) is 176 Å². The van der Waals surface area contributed by atoms with Crippen molar-refractivity contribution in [2.24, 2.45) is 56.7 Å². The molecule has 5 aliphatic carbocycles. The molecule has 45 heavy (non-hydrogen) atoms. The van der Waals surface area contributed by atoms with Crippen LogP contribution in [0.1, 0.15) is 146 Å². The van der Waals surface area contributed by atoms with Crippen molar-refractivity contribution < 1.29 is 13.9 Å². The molecule has 5 saturated carbocycles. The molecule has 6 rings (SSSR count). The molecule has 258 valence electrons. The Hall–Kier alpha value is -0.163. The number of fused-ring (bicyclic) bond motifs is 7. The van der Waals surface area contributed by atoms with E-state index in [0.29, 0.717) is 39.6 Å². The summed E-state index contributed by atoms with van der Waals surface area (Å²) in [5.41, 5.74) is 3.14. The van der Waals surface area contributed by atoms with Gasteiger partial charge in [0.15, 0.2) is 14.6 Å². The van der Waals surface area contributed by atoms with Crippen molar-refractivity contribution in [2.75, 3.05) is 13.2 Å². The molecule has 0 aromatic carbocycles. The molecule has 4 heteroatoms. The first-order valence-electron chi connectivity index (χ1n) is 19.4. The summed E-state index contributed by atoms with van der Waals surface area (Å²) in [5.74, 6) is 3.69. The lowest BCUT2D eigenvalue weighted by Gasteiger charge is -2.73. The lowest BCUT2D eigenvalue weighted by molar-refractivity contribution is -0.255. The third kappa shape index (κ3) is 5.25. The predicted molar refractivity (Wildman–Crippen MR) is 191 cm³/mol. The Morgan fingerprint density at radius 2 is 1.56 bits per heavy atom. The lowest BCUT2D eigenvalue weighted by atomic mass is 9.32. The number of hydrogen-bond acceptors (Lipinski definition) is 3. The molecule has 6 fully saturated rings. The Morgan fingerprint density at radius 3 is 2.20 bits per heavy atom. The van der Waals surface area contributed by atoms with Gasteiger partial charge in [-0.3, -0.25) is 0 Å². The van der Waals surface area contributed by atoms with Gasteiger partial charge in [-0.15, -0.1) is 0 Å². The van der Waals surface area contributed by atoms with Crippen LogP contribution in [0.25, 0.3) is 0 Å². The molecule has 0 amide bonds. The molecule has 1 unspecified atom stereocenters. The smallest absolute Gasteiger partial charge is 0.192 e. The molecule has 0 aromatic heterocycles. The van der Waals surface area contributed by atoms with Gasteiger partial charge in [-0.2, -0.15) is 0 Å². The highest BCUT2D eigenvalue weighted by Gasteiger charge is 2.71. The molecular formula is C41H72O3Si. The van der Waals surface area contributed by atoms with Gasteiger partial charge in [-0.25, -0.2) is 0 Å². The van der Waals surface area contributed by atoms with Crippen LogP contribution >= 0.6 is 0 Å². The van der Waals surface area contributed by atoms with Crippen LogP contribution in [-0.4, -0.2) is 33.9 Å². The molecule has 1 heterocycles. The van der Waals surface area contributed by atoms with Crippen molar-refractivity contribution in [3.05, 3.63) is 12.2 Å². The fraction of sp³-hybridized carbons (Fsp3) is 0.951. The Morgan fingerprint density at radius 1 is 0.822 bits per heavy atom. The van der Waals surface area contributed by atoms with E-state index in [1.807, 2.05) is 0 Å². The topological polar surface area (TPSA) is 27.7 Å². The van der Waals surface area contributed by atoms with Crippen LogP contribution in [-0.2, 0) is 13.9 Å². The third-order valence-corrected chi connectivity index (χ3v) is 21.6. The number of allylic oxidation sites excluding steroid dienone is 1. The molecule has 11 atom stereocenters. The van der Waals surface area contributed by atoms with Crippen LogP contribution in [0.5, 0.6) is 0 Å². The van der Waals surface area contributed by atoms with Gasteiger partial charge in [0.05, 0.1) is 12.7 Å². The largest absolute Gasteiger partial charge is 0.413 e. The van der Waals surface area contributed by atoms with Gasteiger partial charge in [0.1, 0.15) is 0 Å². The van der Waals surface area contributed by atoms with Crippen molar-refractivity contribution in [1.29, 1.82) is 0 Å². The maximum Gasteiger partial charge on any atom is 0.192 e. The minimum atomic E-state index is -1.83. The normalized spacial score (nSPS) is 48.1. The molecule has 3 nitrogen and oxygen atoms in total. The van der Waals surface area contributed by atoms with Gasteiger partial charge in [-0.05, 0) is 165 Å². The molecule has 0 aromatic rings. The zero-order valence-electron chi connectivity index (χ0n) is 31.6. The summed E-state index contributed by atoms with van der Waals surface area (Å²) in [6, 6.07) is 0. The minimum Gasteiger partial charge on any atom is -0.413 e. The van der Waals surface area contributed by atoms with Crippen molar-refractivity contribution in [1.82, 2.24) is 0 Å². The van der Waals surface area contributed by atoms with E-state index in [-0.39, 0.29) is 16.7 Å². The highest BCUT2D eigenvalue weighted by Crippen LogP contribution is 2.77. The van der Waals surface area contributed by atoms with E-state index in [0.717, 1.165) is 37.4 Å². The monoisotopic (exact) mass is 641 g/mol. The van der Waals surface area contributed by atoms with E-state index in [1.165, 1.54) is 82.6 Å². The third-order valence-electron chi connectivity index (χ3n) is 17.1. The maximum atomic E-state index is 7.29. The van der Waals surface area contributed by atoms with Crippen LogP contribution in [0.15, 0.2) is 12.2 Å². The van der Waals surface area contributed by atoms with E-state index in [4.69, 9.17) is 13.9 Å². The zero-order valence-corrected chi connectivity index (χ0v) is 32.6. The molecule has 6 aliphatic rings. The van der Waals surface area contributed by atoms with Crippen molar-refractivity contribution >= 4 is 8.32 Å². The fourth-order valence-corrected chi connectivity index (χ4v) is 14.8. The Balaban J connectivity index is 1.27. The Labute approximate surface area is 279 Å². The summed E-state index contributed by atoms with van der Waals surface area (Å²) in [7, 11) is -1.83. The van der Waals surface area contributed by atoms with E-state index < -0.39 is 8.32 Å². The first kappa shape index (κ1) is 34.7. The van der Waals surface area contributed by atoms with Gasteiger partial charge >= 0.3 is 0 Å². The number of ether oxygens (including phenoxy) is 2. The second-order valence-electron chi connectivity index (χ2n) is 20.4. The van der Waals surface area contributed by atoms with Crippen LogP contribution < -0.4 is 0 Å².